The average Bonchev–Trinajstić information content (AvgIpc) is 2.62. The van der Waals surface area contributed by atoms with E-state index in [1.807, 2.05) is 0 Å². The molecule has 4 unspecified atom stereocenters. The van der Waals surface area contributed by atoms with E-state index in [1.165, 1.54) is 0 Å². The molecule has 0 radical (unpaired) electrons. The molecule has 8 saturated carbocycles. The number of carbonyl (C=O) groups is 2. The van der Waals surface area contributed by atoms with Crippen LogP contribution in [0.1, 0.15) is 84.0 Å². The van der Waals surface area contributed by atoms with Crippen molar-refractivity contribution in [3.05, 3.63) is 0 Å². The van der Waals surface area contributed by atoms with E-state index in [0.29, 0.717) is 50.9 Å². The number of hydrogen-bond acceptors (Lipinski definition) is 6. The number of rotatable bonds is 5. The summed E-state index contributed by atoms with van der Waals surface area (Å²) in [7, 11) is 0. The summed E-state index contributed by atoms with van der Waals surface area (Å²) in [5, 5.41) is 10.9. The van der Waals surface area contributed by atoms with E-state index in [-0.39, 0.29) is 30.3 Å². The standard InChI is InChI=1S/C25H34F2O6/c1-21(26,27)19(28)32-24-8-17-3-18(9-24)11-25(10-17,13-24)33-20(29)31-14-22-4-15-2-16(5-22)7-23(30,6-15)12-22/h15-18,30H,2-14H2,1H3. The minimum Gasteiger partial charge on any atom is -0.454 e. The van der Waals surface area contributed by atoms with Gasteiger partial charge in [-0.15, -0.1) is 0 Å². The maximum Gasteiger partial charge on any atom is 0.508 e. The van der Waals surface area contributed by atoms with Gasteiger partial charge in [0.2, 0.25) is 0 Å². The second kappa shape index (κ2) is 6.82. The van der Waals surface area contributed by atoms with Crippen molar-refractivity contribution in [3.63, 3.8) is 0 Å². The fraction of sp³-hybridized carbons (Fsp3) is 0.920. The summed E-state index contributed by atoms with van der Waals surface area (Å²) >= 11 is 0. The number of hydrogen-bond donors (Lipinski definition) is 1. The molecule has 0 saturated heterocycles. The first-order valence-electron chi connectivity index (χ1n) is 12.6. The molecule has 0 spiro atoms. The molecular formula is C25H34F2O6. The van der Waals surface area contributed by atoms with Gasteiger partial charge >= 0.3 is 18.0 Å². The molecule has 0 aromatic rings. The van der Waals surface area contributed by atoms with Crippen molar-refractivity contribution in [1.82, 2.24) is 0 Å². The molecule has 0 heterocycles. The van der Waals surface area contributed by atoms with Gasteiger partial charge < -0.3 is 19.3 Å². The zero-order valence-electron chi connectivity index (χ0n) is 19.2. The third-order valence-electron chi connectivity index (χ3n) is 9.57. The molecule has 0 aromatic heterocycles. The molecule has 8 rings (SSSR count). The number of alkyl halides is 2. The van der Waals surface area contributed by atoms with Crippen molar-refractivity contribution in [1.29, 1.82) is 0 Å². The molecule has 0 aliphatic heterocycles. The van der Waals surface area contributed by atoms with Crippen molar-refractivity contribution >= 4 is 12.1 Å². The molecule has 8 aliphatic rings. The number of carbonyl (C=O) groups excluding carboxylic acids is 2. The summed E-state index contributed by atoms with van der Waals surface area (Å²) < 4.78 is 44.1. The molecule has 0 aromatic carbocycles. The van der Waals surface area contributed by atoms with Gasteiger partial charge in [0.1, 0.15) is 17.8 Å². The Morgan fingerprint density at radius 3 is 1.88 bits per heavy atom. The molecule has 4 atom stereocenters. The van der Waals surface area contributed by atoms with E-state index in [0.717, 1.165) is 38.5 Å². The molecule has 33 heavy (non-hydrogen) atoms. The fourth-order valence-electron chi connectivity index (χ4n) is 9.61. The van der Waals surface area contributed by atoms with Crippen LogP contribution in [0.2, 0.25) is 0 Å². The number of halogens is 2. The van der Waals surface area contributed by atoms with Gasteiger partial charge in [-0.1, -0.05) is 0 Å². The Bertz CT molecular complexity index is 837. The van der Waals surface area contributed by atoms with Crippen molar-refractivity contribution in [3.8, 4) is 0 Å². The summed E-state index contributed by atoms with van der Waals surface area (Å²) in [6, 6.07) is 0. The van der Waals surface area contributed by atoms with Gasteiger partial charge in [0.15, 0.2) is 0 Å². The smallest absolute Gasteiger partial charge is 0.454 e. The van der Waals surface area contributed by atoms with Crippen molar-refractivity contribution in [2.45, 2.75) is 107 Å². The summed E-state index contributed by atoms with van der Waals surface area (Å²) in [5.74, 6) is -3.65. The normalized spacial score (nSPS) is 49.2. The predicted octanol–water partition coefficient (Wildman–Crippen LogP) is 4.76. The van der Waals surface area contributed by atoms with E-state index >= 15 is 0 Å². The lowest BCUT2D eigenvalue weighted by Gasteiger charge is -2.60. The number of esters is 1. The van der Waals surface area contributed by atoms with E-state index in [2.05, 4.69) is 0 Å². The molecule has 8 heteroatoms. The maximum absolute atomic E-state index is 13.5. The van der Waals surface area contributed by atoms with Crippen LogP contribution in [0.15, 0.2) is 0 Å². The molecule has 1 N–H and O–H groups in total. The monoisotopic (exact) mass is 468 g/mol. The molecule has 6 nitrogen and oxygen atoms in total. The highest BCUT2D eigenvalue weighted by atomic mass is 19.3. The van der Waals surface area contributed by atoms with Crippen LogP contribution >= 0.6 is 0 Å². The lowest BCUT2D eigenvalue weighted by molar-refractivity contribution is -0.236. The lowest BCUT2D eigenvalue weighted by Crippen LogP contribution is -2.62. The molecule has 184 valence electrons. The Morgan fingerprint density at radius 2 is 1.36 bits per heavy atom. The zero-order chi connectivity index (χ0) is 23.3. The van der Waals surface area contributed by atoms with Gasteiger partial charge in [-0.2, -0.15) is 8.78 Å². The van der Waals surface area contributed by atoms with E-state index in [9.17, 15) is 23.5 Å². The van der Waals surface area contributed by atoms with E-state index < -0.39 is 34.9 Å². The van der Waals surface area contributed by atoms with Gasteiger partial charge in [-0.3, -0.25) is 0 Å². The quantitative estimate of drug-likeness (QED) is 0.586. The highest BCUT2D eigenvalue weighted by molar-refractivity contribution is 5.77. The van der Waals surface area contributed by atoms with Crippen LogP contribution in [-0.2, 0) is 19.0 Å². The Labute approximate surface area is 192 Å². The Morgan fingerprint density at radius 1 is 0.848 bits per heavy atom. The Hall–Kier alpha value is -1.44. The largest absolute Gasteiger partial charge is 0.508 e. The lowest BCUT2D eigenvalue weighted by atomic mass is 9.48. The van der Waals surface area contributed by atoms with Crippen LogP contribution < -0.4 is 0 Å². The van der Waals surface area contributed by atoms with Crippen LogP contribution in [0, 0.1) is 29.1 Å². The summed E-state index contributed by atoms with van der Waals surface area (Å²) in [6.07, 6.45) is 8.46. The number of ether oxygens (including phenoxy) is 3. The first kappa shape index (κ1) is 22.1. The second-order valence-electron chi connectivity index (χ2n) is 12.9. The van der Waals surface area contributed by atoms with Crippen LogP contribution in [0.3, 0.4) is 0 Å². The molecule has 8 fully saturated rings. The van der Waals surface area contributed by atoms with Crippen molar-refractivity contribution in [2.24, 2.45) is 29.1 Å². The van der Waals surface area contributed by atoms with Crippen molar-refractivity contribution in [2.75, 3.05) is 6.61 Å². The van der Waals surface area contributed by atoms with Gasteiger partial charge in [0.25, 0.3) is 0 Å². The first-order chi connectivity index (χ1) is 15.4. The minimum atomic E-state index is -3.54. The van der Waals surface area contributed by atoms with Crippen LogP contribution in [0.4, 0.5) is 13.6 Å². The maximum atomic E-state index is 13.5. The average molecular weight is 469 g/mol. The van der Waals surface area contributed by atoms with E-state index in [4.69, 9.17) is 14.2 Å². The van der Waals surface area contributed by atoms with Gasteiger partial charge in [0.05, 0.1) is 5.60 Å². The molecule has 8 bridgehead atoms. The van der Waals surface area contributed by atoms with Crippen LogP contribution in [0.5, 0.6) is 0 Å². The predicted molar refractivity (Wildman–Crippen MR) is 111 cm³/mol. The summed E-state index contributed by atoms with van der Waals surface area (Å²) in [4.78, 5) is 24.8. The van der Waals surface area contributed by atoms with E-state index in [1.54, 1.807) is 0 Å². The molecular weight excluding hydrogens is 434 g/mol. The third-order valence-corrected chi connectivity index (χ3v) is 9.57. The summed E-state index contributed by atoms with van der Waals surface area (Å²) in [6.45, 7) is 0.812. The second-order valence-corrected chi connectivity index (χ2v) is 12.9. The van der Waals surface area contributed by atoms with Gasteiger partial charge in [-0.05, 0) is 94.3 Å². The zero-order valence-corrected chi connectivity index (χ0v) is 19.2. The molecule has 8 aliphatic carbocycles. The SMILES string of the molecule is CC(F)(F)C(=O)OC12CC3CC(CC(OC(=O)OCC45CC6CC(CC(O)(C6)C4)C5)(C3)C1)C2. The highest BCUT2D eigenvalue weighted by Gasteiger charge is 2.63. The topological polar surface area (TPSA) is 82.1 Å². The Balaban J connectivity index is 1.12. The minimum absolute atomic E-state index is 0.164. The summed E-state index contributed by atoms with van der Waals surface area (Å²) in [5.41, 5.74) is -2.58. The highest BCUT2D eigenvalue weighted by Crippen LogP contribution is 2.62. The van der Waals surface area contributed by atoms with Crippen molar-refractivity contribution < 1.29 is 37.7 Å². The van der Waals surface area contributed by atoms with Crippen LogP contribution in [0.25, 0.3) is 0 Å². The van der Waals surface area contributed by atoms with Crippen LogP contribution in [-0.4, -0.2) is 46.6 Å². The fourth-order valence-corrected chi connectivity index (χ4v) is 9.61. The number of aliphatic hydroxyl groups is 1. The Kier molecular flexibility index (Phi) is 4.56. The van der Waals surface area contributed by atoms with Gasteiger partial charge in [0, 0.05) is 18.8 Å². The third kappa shape index (κ3) is 3.84. The first-order valence-corrected chi connectivity index (χ1v) is 12.6. The molecule has 0 amide bonds. The van der Waals surface area contributed by atoms with Gasteiger partial charge in [-0.25, -0.2) is 9.59 Å².